The quantitative estimate of drug-likeness (QED) is 0.814. The van der Waals surface area contributed by atoms with Gasteiger partial charge >= 0.3 is 0 Å². The summed E-state index contributed by atoms with van der Waals surface area (Å²) in [5, 5.41) is 4.42. The van der Waals surface area contributed by atoms with Crippen LogP contribution < -0.4 is 0 Å². The lowest BCUT2D eigenvalue weighted by molar-refractivity contribution is 0.0453. The topological polar surface area (TPSA) is 57.0 Å². The van der Waals surface area contributed by atoms with Crippen LogP contribution in [-0.2, 0) is 4.74 Å². The van der Waals surface area contributed by atoms with Crippen LogP contribution in [0.5, 0.6) is 0 Å². The van der Waals surface area contributed by atoms with E-state index in [0.717, 1.165) is 18.4 Å². The Labute approximate surface area is 138 Å². The van der Waals surface area contributed by atoms with E-state index in [0.29, 0.717) is 19.6 Å². The summed E-state index contributed by atoms with van der Waals surface area (Å²) in [7, 11) is 0. The van der Waals surface area contributed by atoms with E-state index in [1.54, 1.807) is 4.68 Å². The predicted molar refractivity (Wildman–Crippen MR) is 83.4 cm³/mol. The van der Waals surface area contributed by atoms with E-state index in [-0.39, 0.29) is 29.4 Å². The standard InChI is InChI=1S/C18H18FN3O2/c19-13-8-14(11-4-2-1-3-5-11)22-17(13)20-16(21-22)15(23)18-7-6-12(18)9-24-10-18/h1-5,12-14H,6-10H2/t12-,13+,14+,18-/m1/s1. The Hall–Kier alpha value is -2.08. The van der Waals surface area contributed by atoms with E-state index >= 15 is 0 Å². The van der Waals surface area contributed by atoms with E-state index in [1.165, 1.54) is 0 Å². The highest BCUT2D eigenvalue weighted by Gasteiger charge is 2.57. The highest BCUT2D eigenvalue weighted by molar-refractivity contribution is 5.98. The Morgan fingerprint density at radius 3 is 2.88 bits per heavy atom. The summed E-state index contributed by atoms with van der Waals surface area (Å²) in [5.74, 6) is 0.633. The Bertz CT molecular complexity index is 806. The van der Waals surface area contributed by atoms with E-state index in [9.17, 15) is 9.18 Å². The number of benzene rings is 1. The average Bonchev–Trinajstić information content (AvgIpc) is 3.23. The van der Waals surface area contributed by atoms with Gasteiger partial charge in [-0.25, -0.2) is 14.1 Å². The van der Waals surface area contributed by atoms with Crippen molar-refractivity contribution in [2.45, 2.75) is 31.5 Å². The third-order valence-corrected chi connectivity index (χ3v) is 5.90. The van der Waals surface area contributed by atoms with Gasteiger partial charge in [0.25, 0.3) is 0 Å². The first kappa shape index (κ1) is 14.3. The molecular weight excluding hydrogens is 309 g/mol. The number of hydrogen-bond donors (Lipinski definition) is 0. The van der Waals surface area contributed by atoms with Gasteiger partial charge < -0.3 is 4.74 Å². The molecule has 1 aromatic carbocycles. The third-order valence-electron chi connectivity index (χ3n) is 5.90. The number of rotatable bonds is 3. The number of aromatic nitrogens is 3. The minimum Gasteiger partial charge on any atom is -0.380 e. The monoisotopic (exact) mass is 327 g/mol. The van der Waals surface area contributed by atoms with Gasteiger partial charge in [0, 0.05) is 6.42 Å². The number of ketones is 1. The number of carbonyl (C=O) groups excluding carboxylic acids is 1. The van der Waals surface area contributed by atoms with Gasteiger partial charge in [-0.05, 0) is 24.3 Å². The van der Waals surface area contributed by atoms with Crippen molar-refractivity contribution in [3.63, 3.8) is 0 Å². The minimum atomic E-state index is -1.18. The first-order valence-electron chi connectivity index (χ1n) is 8.47. The number of carbonyl (C=O) groups is 1. The van der Waals surface area contributed by atoms with E-state index in [1.807, 2.05) is 30.3 Å². The SMILES string of the molecule is O=C(c1nc2n(n1)[C@H](c1ccccc1)C[C@@H]2F)[C@@]12CC[C@@H]1COC2. The van der Waals surface area contributed by atoms with Gasteiger partial charge in [0.15, 0.2) is 12.0 Å². The molecule has 3 heterocycles. The second-order valence-electron chi connectivity index (χ2n) is 7.10. The second-order valence-corrected chi connectivity index (χ2v) is 7.10. The highest BCUT2D eigenvalue weighted by Crippen LogP contribution is 2.52. The molecule has 1 saturated heterocycles. The predicted octanol–water partition coefficient (Wildman–Crippen LogP) is 2.89. The summed E-state index contributed by atoms with van der Waals surface area (Å²) < 4.78 is 21.5. The molecule has 1 saturated carbocycles. The van der Waals surface area contributed by atoms with Crippen molar-refractivity contribution in [2.24, 2.45) is 11.3 Å². The molecular formula is C18H18FN3O2. The van der Waals surface area contributed by atoms with Crippen molar-refractivity contribution >= 4 is 5.78 Å². The van der Waals surface area contributed by atoms with Crippen molar-refractivity contribution in [3.05, 3.63) is 47.5 Å². The van der Waals surface area contributed by atoms with Crippen LogP contribution in [0.25, 0.3) is 0 Å². The smallest absolute Gasteiger partial charge is 0.218 e. The summed E-state index contributed by atoms with van der Waals surface area (Å²) >= 11 is 0. The Kier molecular flexibility index (Phi) is 2.95. The molecule has 0 amide bonds. The van der Waals surface area contributed by atoms with Crippen LogP contribution in [0.3, 0.4) is 0 Å². The molecule has 0 radical (unpaired) electrons. The molecule has 0 bridgehead atoms. The van der Waals surface area contributed by atoms with Gasteiger partial charge in [-0.1, -0.05) is 30.3 Å². The van der Waals surface area contributed by atoms with Crippen molar-refractivity contribution in [1.29, 1.82) is 0 Å². The molecule has 0 N–H and O–H groups in total. The molecule has 3 aliphatic rings. The molecule has 1 aromatic heterocycles. The number of ether oxygens (including phenoxy) is 1. The molecule has 0 unspecified atom stereocenters. The molecule has 6 heteroatoms. The number of alkyl halides is 1. The molecule has 24 heavy (non-hydrogen) atoms. The number of halogens is 1. The summed E-state index contributed by atoms with van der Waals surface area (Å²) in [5.41, 5.74) is 0.531. The van der Waals surface area contributed by atoms with Crippen LogP contribution in [0.2, 0.25) is 0 Å². The summed E-state index contributed by atoms with van der Waals surface area (Å²) in [6, 6.07) is 9.51. The molecule has 2 aromatic rings. The zero-order valence-electron chi connectivity index (χ0n) is 13.2. The minimum absolute atomic E-state index is 0.0721. The molecule has 2 fully saturated rings. The maximum absolute atomic E-state index is 14.4. The second kappa shape index (κ2) is 4.96. The van der Waals surface area contributed by atoms with Crippen LogP contribution in [-0.4, -0.2) is 33.8 Å². The molecule has 5 nitrogen and oxygen atoms in total. The maximum Gasteiger partial charge on any atom is 0.218 e. The van der Waals surface area contributed by atoms with Crippen LogP contribution >= 0.6 is 0 Å². The lowest BCUT2D eigenvalue weighted by Gasteiger charge is -2.40. The molecule has 5 rings (SSSR count). The number of fused-ring (bicyclic) bond motifs is 2. The van der Waals surface area contributed by atoms with Crippen molar-refractivity contribution < 1.29 is 13.9 Å². The lowest BCUT2D eigenvalue weighted by atomic mass is 9.59. The highest BCUT2D eigenvalue weighted by atomic mass is 19.1. The van der Waals surface area contributed by atoms with Crippen LogP contribution in [0.4, 0.5) is 4.39 Å². The van der Waals surface area contributed by atoms with Crippen molar-refractivity contribution in [1.82, 2.24) is 14.8 Å². The Balaban J connectivity index is 1.51. The first-order chi connectivity index (χ1) is 11.7. The number of nitrogens with zero attached hydrogens (tertiary/aromatic N) is 3. The third kappa shape index (κ3) is 1.80. The van der Waals surface area contributed by atoms with Crippen molar-refractivity contribution in [2.75, 3.05) is 13.2 Å². The normalized spacial score (nSPS) is 33.8. The first-order valence-corrected chi connectivity index (χ1v) is 8.47. The van der Waals surface area contributed by atoms with Gasteiger partial charge in [0.05, 0.1) is 24.7 Å². The van der Waals surface area contributed by atoms with Gasteiger partial charge in [0.2, 0.25) is 11.6 Å². The van der Waals surface area contributed by atoms with Gasteiger partial charge in [-0.2, -0.15) is 0 Å². The van der Waals surface area contributed by atoms with Gasteiger partial charge in [0.1, 0.15) is 0 Å². The average molecular weight is 327 g/mol. The van der Waals surface area contributed by atoms with Crippen LogP contribution in [0.1, 0.15) is 53.5 Å². The van der Waals surface area contributed by atoms with Gasteiger partial charge in [-0.3, -0.25) is 4.79 Å². The fourth-order valence-electron chi connectivity index (χ4n) is 4.33. The van der Waals surface area contributed by atoms with E-state index in [4.69, 9.17) is 4.74 Å². The maximum atomic E-state index is 14.4. The summed E-state index contributed by atoms with van der Waals surface area (Å²) in [6.45, 7) is 1.08. The summed E-state index contributed by atoms with van der Waals surface area (Å²) in [6.07, 6.45) is 0.975. The van der Waals surface area contributed by atoms with Crippen LogP contribution in [0, 0.1) is 11.3 Å². The number of hydrogen-bond acceptors (Lipinski definition) is 4. The van der Waals surface area contributed by atoms with Crippen molar-refractivity contribution in [3.8, 4) is 0 Å². The molecule has 124 valence electrons. The fourth-order valence-corrected chi connectivity index (χ4v) is 4.33. The van der Waals surface area contributed by atoms with Gasteiger partial charge in [-0.15, -0.1) is 5.10 Å². The Morgan fingerprint density at radius 1 is 1.33 bits per heavy atom. The zero-order chi connectivity index (χ0) is 16.3. The molecule has 0 spiro atoms. The van der Waals surface area contributed by atoms with E-state index in [2.05, 4.69) is 10.1 Å². The van der Waals surface area contributed by atoms with Crippen LogP contribution in [0.15, 0.2) is 30.3 Å². The molecule has 4 atom stereocenters. The number of Topliss-reactive ketones (excluding diaryl/α,β-unsaturated/α-hetero) is 1. The largest absolute Gasteiger partial charge is 0.380 e. The lowest BCUT2D eigenvalue weighted by Crippen LogP contribution is -2.46. The summed E-state index contributed by atoms with van der Waals surface area (Å²) in [4.78, 5) is 17.2. The molecule has 2 aliphatic heterocycles. The molecule has 1 aliphatic carbocycles. The van der Waals surface area contributed by atoms with E-state index < -0.39 is 11.6 Å². The fraction of sp³-hybridized carbons (Fsp3) is 0.500. The zero-order valence-corrected chi connectivity index (χ0v) is 13.2. The Morgan fingerprint density at radius 2 is 2.17 bits per heavy atom.